The van der Waals surface area contributed by atoms with Crippen molar-refractivity contribution in [3.05, 3.63) is 0 Å². The number of amides is 1. The minimum atomic E-state index is 0.275. The summed E-state index contributed by atoms with van der Waals surface area (Å²) in [7, 11) is 2.01. The van der Waals surface area contributed by atoms with E-state index in [1.807, 2.05) is 7.05 Å². The van der Waals surface area contributed by atoms with Gasteiger partial charge in [-0.3, -0.25) is 9.69 Å². The quantitative estimate of drug-likeness (QED) is 0.751. The smallest absolute Gasteiger partial charge is 0.237 e. The lowest BCUT2D eigenvalue weighted by atomic mass is 10.2. The Kier molecular flexibility index (Phi) is 5.92. The van der Waals surface area contributed by atoms with Crippen LogP contribution in [0.4, 0.5) is 0 Å². The third-order valence-corrected chi connectivity index (χ3v) is 3.53. The van der Waals surface area contributed by atoms with Crippen LogP contribution in [0.15, 0.2) is 0 Å². The summed E-state index contributed by atoms with van der Waals surface area (Å²) in [6.07, 6.45) is 2.13. The van der Waals surface area contributed by atoms with Gasteiger partial charge in [-0.1, -0.05) is 6.92 Å². The fourth-order valence-corrected chi connectivity index (χ4v) is 2.14. The molecule has 0 saturated carbocycles. The Bertz CT molecular complexity index is 237. The number of rotatable bonds is 6. The van der Waals surface area contributed by atoms with Crippen molar-refractivity contribution in [2.45, 2.75) is 45.7 Å². The summed E-state index contributed by atoms with van der Waals surface area (Å²) in [5.41, 5.74) is 0. The molecule has 1 atom stereocenters. The molecular formula is C13H27N3O. The number of carbonyl (C=O) groups is 1. The molecule has 0 radical (unpaired) electrons. The summed E-state index contributed by atoms with van der Waals surface area (Å²) in [5, 5.41) is 3.33. The van der Waals surface area contributed by atoms with Crippen molar-refractivity contribution >= 4 is 5.91 Å². The van der Waals surface area contributed by atoms with Crippen molar-refractivity contribution in [2.75, 3.05) is 33.2 Å². The first-order valence-corrected chi connectivity index (χ1v) is 6.76. The highest BCUT2D eigenvalue weighted by molar-refractivity contribution is 5.78. The van der Waals surface area contributed by atoms with Crippen LogP contribution in [0.25, 0.3) is 0 Å². The standard InChI is InChI=1S/C13H27N3O/c1-5-8-16(12-6-7-14-9-12)13(17)10-15(4)11(2)3/h11-12,14H,5-10H2,1-4H3. The lowest BCUT2D eigenvalue weighted by Crippen LogP contribution is -2.47. The Morgan fingerprint density at radius 3 is 2.65 bits per heavy atom. The lowest BCUT2D eigenvalue weighted by Gasteiger charge is -2.31. The zero-order valence-electron chi connectivity index (χ0n) is 11.7. The first-order chi connectivity index (χ1) is 8.06. The van der Waals surface area contributed by atoms with Gasteiger partial charge >= 0.3 is 0 Å². The maximum Gasteiger partial charge on any atom is 0.237 e. The second-order valence-electron chi connectivity index (χ2n) is 5.24. The normalized spacial score (nSPS) is 20.2. The van der Waals surface area contributed by atoms with E-state index in [-0.39, 0.29) is 5.91 Å². The average molecular weight is 241 g/mol. The molecule has 0 bridgehead atoms. The molecule has 1 aliphatic rings. The average Bonchev–Trinajstić information content (AvgIpc) is 2.78. The Morgan fingerprint density at radius 1 is 1.47 bits per heavy atom. The summed E-state index contributed by atoms with van der Waals surface area (Å²) >= 11 is 0. The highest BCUT2D eigenvalue weighted by atomic mass is 16.2. The van der Waals surface area contributed by atoms with Gasteiger partial charge in [0.1, 0.15) is 0 Å². The zero-order chi connectivity index (χ0) is 12.8. The van der Waals surface area contributed by atoms with Gasteiger partial charge in [0.2, 0.25) is 5.91 Å². The molecule has 0 spiro atoms. The van der Waals surface area contributed by atoms with Gasteiger partial charge in [-0.05, 0) is 40.3 Å². The van der Waals surface area contributed by atoms with Gasteiger partial charge in [-0.25, -0.2) is 0 Å². The van der Waals surface area contributed by atoms with Gasteiger partial charge in [-0.15, -0.1) is 0 Å². The van der Waals surface area contributed by atoms with Crippen molar-refractivity contribution < 1.29 is 4.79 Å². The van der Waals surface area contributed by atoms with Gasteiger partial charge in [0.15, 0.2) is 0 Å². The second-order valence-corrected chi connectivity index (χ2v) is 5.24. The van der Waals surface area contributed by atoms with Crippen LogP contribution >= 0.6 is 0 Å². The van der Waals surface area contributed by atoms with Crippen LogP contribution in [-0.4, -0.2) is 61.0 Å². The maximum absolute atomic E-state index is 12.3. The molecule has 17 heavy (non-hydrogen) atoms. The van der Waals surface area contributed by atoms with E-state index in [0.29, 0.717) is 18.6 Å². The van der Waals surface area contributed by atoms with Crippen LogP contribution in [0.3, 0.4) is 0 Å². The summed E-state index contributed by atoms with van der Waals surface area (Å²) < 4.78 is 0. The Balaban J connectivity index is 2.53. The fraction of sp³-hybridized carbons (Fsp3) is 0.923. The Morgan fingerprint density at radius 2 is 2.18 bits per heavy atom. The maximum atomic E-state index is 12.3. The first kappa shape index (κ1) is 14.5. The van der Waals surface area contributed by atoms with E-state index >= 15 is 0 Å². The third kappa shape index (κ3) is 4.28. The van der Waals surface area contributed by atoms with Crippen LogP contribution in [0, 0.1) is 0 Å². The Labute approximate surface area is 105 Å². The molecule has 0 aliphatic carbocycles. The van der Waals surface area contributed by atoms with Crippen LogP contribution in [0.2, 0.25) is 0 Å². The van der Waals surface area contributed by atoms with Crippen molar-refractivity contribution in [3.63, 3.8) is 0 Å². The minimum Gasteiger partial charge on any atom is -0.337 e. The minimum absolute atomic E-state index is 0.275. The molecule has 0 aromatic rings. The number of hydrogen-bond donors (Lipinski definition) is 1. The molecular weight excluding hydrogens is 214 g/mol. The molecule has 1 heterocycles. The van der Waals surface area contributed by atoms with Crippen molar-refractivity contribution in [2.24, 2.45) is 0 Å². The van der Waals surface area contributed by atoms with Gasteiger partial charge < -0.3 is 10.2 Å². The van der Waals surface area contributed by atoms with E-state index in [1.165, 1.54) is 0 Å². The van der Waals surface area contributed by atoms with E-state index in [0.717, 1.165) is 32.5 Å². The molecule has 100 valence electrons. The molecule has 4 nitrogen and oxygen atoms in total. The number of carbonyl (C=O) groups excluding carboxylic acids is 1. The fourth-order valence-electron chi connectivity index (χ4n) is 2.14. The highest BCUT2D eigenvalue weighted by Crippen LogP contribution is 2.10. The van der Waals surface area contributed by atoms with E-state index in [2.05, 4.69) is 35.9 Å². The number of nitrogens with one attached hydrogen (secondary N) is 1. The molecule has 4 heteroatoms. The molecule has 1 rings (SSSR count). The Hall–Kier alpha value is -0.610. The third-order valence-electron chi connectivity index (χ3n) is 3.53. The molecule has 1 N–H and O–H groups in total. The molecule has 1 fully saturated rings. The van der Waals surface area contributed by atoms with Crippen LogP contribution in [0.5, 0.6) is 0 Å². The number of nitrogens with zero attached hydrogens (tertiary/aromatic N) is 2. The van der Waals surface area contributed by atoms with E-state index < -0.39 is 0 Å². The SMILES string of the molecule is CCCN(C(=O)CN(C)C(C)C)C1CCNC1. The van der Waals surface area contributed by atoms with E-state index in [9.17, 15) is 4.79 Å². The van der Waals surface area contributed by atoms with Crippen molar-refractivity contribution in [1.29, 1.82) is 0 Å². The topological polar surface area (TPSA) is 35.6 Å². The molecule has 1 aliphatic heterocycles. The lowest BCUT2D eigenvalue weighted by molar-refractivity contribution is -0.134. The number of hydrogen-bond acceptors (Lipinski definition) is 3. The van der Waals surface area contributed by atoms with Crippen LogP contribution < -0.4 is 5.32 Å². The molecule has 1 amide bonds. The van der Waals surface area contributed by atoms with Crippen molar-refractivity contribution in [1.82, 2.24) is 15.1 Å². The van der Waals surface area contributed by atoms with Crippen molar-refractivity contribution in [3.8, 4) is 0 Å². The van der Waals surface area contributed by atoms with Gasteiger partial charge in [-0.2, -0.15) is 0 Å². The van der Waals surface area contributed by atoms with E-state index in [1.54, 1.807) is 0 Å². The highest BCUT2D eigenvalue weighted by Gasteiger charge is 2.26. The molecule has 0 aromatic heterocycles. The van der Waals surface area contributed by atoms with Gasteiger partial charge in [0, 0.05) is 25.2 Å². The number of likely N-dealkylation sites (N-methyl/N-ethyl adjacent to an activating group) is 1. The zero-order valence-corrected chi connectivity index (χ0v) is 11.7. The monoisotopic (exact) mass is 241 g/mol. The predicted molar refractivity (Wildman–Crippen MR) is 71.0 cm³/mol. The predicted octanol–water partition coefficient (Wildman–Crippen LogP) is 0.927. The van der Waals surface area contributed by atoms with Crippen LogP contribution in [0.1, 0.15) is 33.6 Å². The summed E-state index contributed by atoms with van der Waals surface area (Å²) in [6.45, 7) is 9.79. The second kappa shape index (κ2) is 6.97. The van der Waals surface area contributed by atoms with Gasteiger partial charge in [0.25, 0.3) is 0 Å². The van der Waals surface area contributed by atoms with E-state index in [4.69, 9.17) is 0 Å². The first-order valence-electron chi connectivity index (χ1n) is 6.76. The van der Waals surface area contributed by atoms with Gasteiger partial charge in [0.05, 0.1) is 6.54 Å². The van der Waals surface area contributed by atoms with Crippen LogP contribution in [-0.2, 0) is 4.79 Å². The summed E-state index contributed by atoms with van der Waals surface area (Å²) in [6, 6.07) is 0.826. The summed E-state index contributed by atoms with van der Waals surface area (Å²) in [5.74, 6) is 0.275. The molecule has 1 unspecified atom stereocenters. The summed E-state index contributed by atoms with van der Waals surface area (Å²) in [4.78, 5) is 16.5. The molecule has 1 saturated heterocycles. The molecule has 0 aromatic carbocycles. The largest absolute Gasteiger partial charge is 0.337 e.